The Kier molecular flexibility index (Phi) is 37.8. The maximum atomic E-state index is 14.5. The number of nitrogens with one attached hydrogen (secondary N) is 9. The zero-order valence-corrected chi connectivity index (χ0v) is 52.1. The van der Waals surface area contributed by atoms with Gasteiger partial charge in [0.05, 0.1) is 0 Å². The number of carbonyl (C=O) groups is 10. The predicted octanol–water partition coefficient (Wildman–Crippen LogP) is -3.01. The Morgan fingerprint density at radius 3 is 0.871 bits per heavy atom. The third-order valence-corrected chi connectivity index (χ3v) is 13.0. The monoisotopic (exact) mass is 1210 g/mol. The summed E-state index contributed by atoms with van der Waals surface area (Å²) < 4.78 is 0. The van der Waals surface area contributed by atoms with E-state index in [1.54, 1.807) is 13.8 Å². The summed E-state index contributed by atoms with van der Waals surface area (Å²) in [7, 11) is 0. The number of amides is 10. The standard InChI is InChI=1S/C55H106N20O10/c1-29(2)25-39(67-34(11)76)48(81)72-41(27-31(5)6)50(83)74-42(28-32(7)8)51(84)73-40(26-30(3)4)49(82)70-38(20-16-24-66-55(62)63)47(80)75-43(33(9)10)52(85)71-36(17-12-13-21-56)46(79)69-37(19-15-23-65-54(60)61)45(78)68-35(44(57)77)18-14-22-64-53(58)59/h29-33,35-43H,12-28,56H2,1-11H3,(H2,57,77)(H,67,76)(H,68,78)(H,69,79)(H,70,82)(H,71,85)(H,72,81)(H,73,84)(H,74,83)(H,75,80)(H4,58,59,64)(H4,60,61,65)(H4,62,63,66)/t35-,36-,37-,38-,39-,40-,41-,42-,43-/m0/s1. The highest BCUT2D eigenvalue weighted by molar-refractivity contribution is 5.98. The average Bonchev–Trinajstić information content (AvgIpc) is 3.56. The zero-order chi connectivity index (χ0) is 65.1. The number of hydrogen-bond donors (Lipinski definition) is 17. The molecular formula is C55H106N20O10. The number of primary amides is 1. The maximum absolute atomic E-state index is 14.5. The van der Waals surface area contributed by atoms with Gasteiger partial charge >= 0.3 is 0 Å². The summed E-state index contributed by atoms with van der Waals surface area (Å²) in [6.45, 7) is 20.0. The molecule has 0 spiro atoms. The fourth-order valence-corrected chi connectivity index (χ4v) is 8.84. The van der Waals surface area contributed by atoms with Crippen molar-refractivity contribution in [1.29, 1.82) is 0 Å². The van der Waals surface area contributed by atoms with Gasteiger partial charge in [-0.05, 0) is 120 Å². The molecule has 0 rings (SSSR count). The van der Waals surface area contributed by atoms with E-state index in [0.717, 1.165) is 0 Å². The molecule has 0 aliphatic heterocycles. The fraction of sp³-hybridized carbons (Fsp3) is 0.764. The molecule has 9 atom stereocenters. The Morgan fingerprint density at radius 2 is 0.588 bits per heavy atom. The Bertz CT molecular complexity index is 2230. The first-order valence-electron chi connectivity index (χ1n) is 29.5. The summed E-state index contributed by atoms with van der Waals surface area (Å²) in [5.74, 6) is -8.61. The van der Waals surface area contributed by atoms with Crippen molar-refractivity contribution in [2.75, 3.05) is 26.2 Å². The fourth-order valence-electron chi connectivity index (χ4n) is 8.84. The van der Waals surface area contributed by atoms with Crippen LogP contribution in [0.15, 0.2) is 15.0 Å². The molecule has 0 aromatic heterocycles. The number of guanidine groups is 3. The smallest absolute Gasteiger partial charge is 0.243 e. The molecule has 30 nitrogen and oxygen atoms in total. The van der Waals surface area contributed by atoms with E-state index in [2.05, 4.69) is 62.8 Å². The molecule has 0 saturated carbocycles. The van der Waals surface area contributed by atoms with E-state index in [-0.39, 0.29) is 132 Å². The summed E-state index contributed by atoms with van der Waals surface area (Å²) in [5, 5.41) is 24.5. The Morgan fingerprint density at radius 1 is 0.329 bits per heavy atom. The van der Waals surface area contributed by atoms with Crippen molar-refractivity contribution in [1.82, 2.24) is 47.9 Å². The molecule has 85 heavy (non-hydrogen) atoms. The number of nitrogens with zero attached hydrogens (tertiary/aromatic N) is 3. The van der Waals surface area contributed by atoms with Gasteiger partial charge in [-0.3, -0.25) is 62.9 Å². The molecule has 0 saturated heterocycles. The van der Waals surface area contributed by atoms with Crippen LogP contribution in [0.25, 0.3) is 0 Å². The van der Waals surface area contributed by atoms with Crippen molar-refractivity contribution in [3.8, 4) is 0 Å². The number of aliphatic imine (C=N–C) groups is 3. The number of rotatable bonds is 43. The number of carbonyl (C=O) groups excluding carboxylic acids is 10. The summed E-state index contributed by atoms with van der Waals surface area (Å²) >= 11 is 0. The van der Waals surface area contributed by atoms with Gasteiger partial charge in [0, 0.05) is 26.6 Å². The second kappa shape index (κ2) is 41.5. The van der Waals surface area contributed by atoms with Crippen molar-refractivity contribution in [3.63, 3.8) is 0 Å². The van der Waals surface area contributed by atoms with Crippen molar-refractivity contribution < 1.29 is 47.9 Å². The van der Waals surface area contributed by atoms with Gasteiger partial charge in [0.15, 0.2) is 17.9 Å². The van der Waals surface area contributed by atoms with Crippen LogP contribution in [0.5, 0.6) is 0 Å². The van der Waals surface area contributed by atoms with E-state index in [9.17, 15) is 47.9 Å². The van der Waals surface area contributed by atoms with Crippen molar-refractivity contribution in [2.45, 2.75) is 214 Å². The molecule has 30 heteroatoms. The number of hydrogen-bond acceptors (Lipinski definition) is 14. The van der Waals surface area contributed by atoms with Crippen LogP contribution in [0.2, 0.25) is 0 Å². The van der Waals surface area contributed by atoms with Crippen LogP contribution >= 0.6 is 0 Å². The minimum atomic E-state index is -1.34. The third-order valence-electron chi connectivity index (χ3n) is 13.0. The van der Waals surface area contributed by atoms with Crippen LogP contribution in [0, 0.1) is 29.6 Å². The average molecular weight is 1210 g/mol. The highest BCUT2D eigenvalue weighted by atomic mass is 16.2. The van der Waals surface area contributed by atoms with Crippen molar-refractivity contribution >= 4 is 77.0 Å². The Hall–Kier alpha value is -7.53. The van der Waals surface area contributed by atoms with Gasteiger partial charge in [-0.25, -0.2) is 0 Å². The molecule has 0 radical (unpaired) electrons. The molecule has 0 aliphatic rings. The van der Waals surface area contributed by atoms with E-state index in [1.165, 1.54) is 6.92 Å². The molecule has 0 heterocycles. The van der Waals surface area contributed by atoms with Gasteiger partial charge in [0.1, 0.15) is 54.4 Å². The molecule has 486 valence electrons. The van der Waals surface area contributed by atoms with E-state index >= 15 is 0 Å². The minimum Gasteiger partial charge on any atom is -0.370 e. The van der Waals surface area contributed by atoms with E-state index in [1.807, 2.05) is 55.4 Å². The molecule has 25 N–H and O–H groups in total. The van der Waals surface area contributed by atoms with Crippen LogP contribution < -0.4 is 93.7 Å². The molecule has 0 aromatic carbocycles. The highest BCUT2D eigenvalue weighted by Gasteiger charge is 2.36. The quantitative estimate of drug-likeness (QED) is 0.0164. The lowest BCUT2D eigenvalue weighted by Gasteiger charge is -2.30. The van der Waals surface area contributed by atoms with Gasteiger partial charge in [0.2, 0.25) is 59.1 Å². The second-order valence-electron chi connectivity index (χ2n) is 23.5. The topological polar surface area (TPSA) is 524 Å². The molecule has 0 bridgehead atoms. The van der Waals surface area contributed by atoms with E-state index < -0.39 is 119 Å². The molecular weight excluding hydrogens is 1100 g/mol. The highest BCUT2D eigenvalue weighted by Crippen LogP contribution is 2.15. The number of unbranched alkanes of at least 4 members (excludes halogenated alkanes) is 1. The third kappa shape index (κ3) is 34.8. The summed E-state index contributed by atoms with van der Waals surface area (Å²) in [6.07, 6.45) is 2.23. The summed E-state index contributed by atoms with van der Waals surface area (Å²) in [6, 6.07) is -10.8. The largest absolute Gasteiger partial charge is 0.370 e. The number of nitrogens with two attached hydrogens (primary N) is 8. The van der Waals surface area contributed by atoms with Crippen LogP contribution in [0.4, 0.5) is 0 Å². The minimum absolute atomic E-state index is 0.0169. The second-order valence-corrected chi connectivity index (χ2v) is 23.5. The van der Waals surface area contributed by atoms with Gasteiger partial charge < -0.3 is 93.7 Å². The first kappa shape index (κ1) is 77.5. The molecule has 10 amide bonds. The molecule has 0 aliphatic carbocycles. The van der Waals surface area contributed by atoms with Crippen molar-refractivity contribution in [3.05, 3.63) is 0 Å². The normalized spacial score (nSPS) is 14.4. The van der Waals surface area contributed by atoms with Gasteiger partial charge in [0.25, 0.3) is 0 Å². The van der Waals surface area contributed by atoms with E-state index in [0.29, 0.717) is 19.3 Å². The van der Waals surface area contributed by atoms with Crippen LogP contribution in [-0.4, -0.2) is 158 Å². The Balaban J connectivity index is 7.02. The predicted molar refractivity (Wildman–Crippen MR) is 328 cm³/mol. The summed E-state index contributed by atoms with van der Waals surface area (Å²) in [5.41, 5.74) is 44.4. The van der Waals surface area contributed by atoms with Crippen LogP contribution in [0.1, 0.15) is 160 Å². The Labute approximate surface area is 501 Å². The lowest BCUT2D eigenvalue weighted by Crippen LogP contribution is -2.61. The van der Waals surface area contributed by atoms with Gasteiger partial charge in [-0.1, -0.05) is 69.2 Å². The van der Waals surface area contributed by atoms with Crippen molar-refractivity contribution in [2.24, 2.45) is 90.4 Å². The van der Waals surface area contributed by atoms with Crippen LogP contribution in [0.3, 0.4) is 0 Å². The van der Waals surface area contributed by atoms with Gasteiger partial charge in [-0.15, -0.1) is 0 Å². The first-order chi connectivity index (χ1) is 39.7. The van der Waals surface area contributed by atoms with Crippen LogP contribution in [-0.2, 0) is 47.9 Å². The molecule has 0 unspecified atom stereocenters. The lowest BCUT2D eigenvalue weighted by molar-refractivity contribution is -0.136. The SMILES string of the molecule is CC(=O)N[C@@H](CC(C)C)C(=O)N[C@@H](CC(C)C)C(=O)N[C@@H](CC(C)C)C(=O)N[C@@H](CC(C)C)C(=O)N[C@@H](CCCN=C(N)N)C(=O)N[C@H](C(=O)N[C@@H](CCCCN)C(=O)N[C@@H](CCCN=C(N)N)C(=O)N[C@@H](CCCN=C(N)N)C(N)=O)C(C)C. The molecule has 0 fully saturated rings. The maximum Gasteiger partial charge on any atom is 0.243 e. The summed E-state index contributed by atoms with van der Waals surface area (Å²) in [4.78, 5) is 150. The molecule has 0 aromatic rings. The van der Waals surface area contributed by atoms with Gasteiger partial charge in [-0.2, -0.15) is 0 Å². The zero-order valence-electron chi connectivity index (χ0n) is 52.1. The first-order valence-corrected chi connectivity index (χ1v) is 29.5. The van der Waals surface area contributed by atoms with E-state index in [4.69, 9.17) is 45.9 Å². The lowest BCUT2D eigenvalue weighted by atomic mass is 9.97.